The number of hydrogen-bond donors (Lipinski definition) is 0. The van der Waals surface area contributed by atoms with Crippen molar-refractivity contribution < 1.29 is 14.3 Å². The number of nitrogens with zero attached hydrogens (tertiary/aromatic N) is 3. The zero-order valence-electron chi connectivity index (χ0n) is 13.8. The molecule has 0 spiro atoms. The summed E-state index contributed by atoms with van der Waals surface area (Å²) in [5.74, 6) is 2.49. The summed E-state index contributed by atoms with van der Waals surface area (Å²) in [5.41, 5.74) is 0.654. The zero-order chi connectivity index (χ0) is 16.5. The lowest BCUT2D eigenvalue weighted by Crippen LogP contribution is -2.40. The Balaban J connectivity index is 1.52. The number of ether oxygens (including phenoxy) is 2. The van der Waals surface area contributed by atoms with Crippen LogP contribution in [0.5, 0.6) is 11.5 Å². The maximum absolute atomic E-state index is 12.9. The molecule has 1 atom stereocenters. The number of benzene rings is 1. The van der Waals surface area contributed by atoms with Gasteiger partial charge in [0.15, 0.2) is 11.5 Å². The Morgan fingerprint density at radius 3 is 3.08 bits per heavy atom. The van der Waals surface area contributed by atoms with E-state index in [-0.39, 0.29) is 12.7 Å². The van der Waals surface area contributed by atoms with Crippen LogP contribution in [0.15, 0.2) is 30.6 Å². The van der Waals surface area contributed by atoms with E-state index in [9.17, 15) is 4.79 Å². The molecule has 1 fully saturated rings. The molecule has 6 nitrogen and oxygen atoms in total. The fraction of sp³-hybridized carbons (Fsp3) is 0.444. The average Bonchev–Trinajstić information content (AvgIpc) is 3.29. The quantitative estimate of drug-likeness (QED) is 0.870. The van der Waals surface area contributed by atoms with Gasteiger partial charge in [0.25, 0.3) is 5.91 Å². The van der Waals surface area contributed by atoms with Crippen LogP contribution in [0, 0.1) is 0 Å². The van der Waals surface area contributed by atoms with E-state index in [0.29, 0.717) is 23.1 Å². The first-order valence-electron chi connectivity index (χ1n) is 8.47. The molecule has 0 aliphatic carbocycles. The third-order valence-corrected chi connectivity index (χ3v) is 4.76. The molecule has 3 heterocycles. The smallest absolute Gasteiger partial charge is 0.254 e. The van der Waals surface area contributed by atoms with Gasteiger partial charge in [-0.2, -0.15) is 0 Å². The number of fused-ring (bicyclic) bond motifs is 1. The Morgan fingerprint density at radius 2 is 2.21 bits per heavy atom. The Hall–Kier alpha value is -2.50. The number of hydrogen-bond acceptors (Lipinski definition) is 4. The average molecular weight is 327 g/mol. The summed E-state index contributed by atoms with van der Waals surface area (Å²) in [4.78, 5) is 19.2. The van der Waals surface area contributed by atoms with E-state index in [4.69, 9.17) is 9.47 Å². The number of likely N-dealkylation sites (tertiary alicyclic amines) is 1. The van der Waals surface area contributed by atoms with Crippen molar-refractivity contribution in [3.63, 3.8) is 0 Å². The van der Waals surface area contributed by atoms with Crippen molar-refractivity contribution in [2.75, 3.05) is 19.9 Å². The van der Waals surface area contributed by atoms with Crippen LogP contribution < -0.4 is 9.47 Å². The number of aromatic nitrogens is 2. The highest BCUT2D eigenvalue weighted by Gasteiger charge is 2.27. The van der Waals surface area contributed by atoms with Crippen molar-refractivity contribution in [1.82, 2.24) is 14.5 Å². The van der Waals surface area contributed by atoms with Gasteiger partial charge in [-0.1, -0.05) is 6.92 Å². The molecular formula is C18H21N3O3. The third kappa shape index (κ3) is 2.62. The minimum Gasteiger partial charge on any atom is -0.454 e. The van der Waals surface area contributed by atoms with Gasteiger partial charge in [-0.25, -0.2) is 4.98 Å². The zero-order valence-corrected chi connectivity index (χ0v) is 13.8. The van der Waals surface area contributed by atoms with Crippen molar-refractivity contribution in [2.45, 2.75) is 32.2 Å². The van der Waals surface area contributed by atoms with Gasteiger partial charge in [0.2, 0.25) is 6.79 Å². The van der Waals surface area contributed by atoms with E-state index < -0.39 is 0 Å². The van der Waals surface area contributed by atoms with Gasteiger partial charge in [0.05, 0.1) is 6.04 Å². The molecule has 0 N–H and O–H groups in total. The molecule has 0 saturated carbocycles. The minimum atomic E-state index is 0.0520. The van der Waals surface area contributed by atoms with Crippen molar-refractivity contribution in [2.24, 2.45) is 0 Å². The van der Waals surface area contributed by atoms with Crippen molar-refractivity contribution in [3.8, 4) is 11.5 Å². The molecule has 0 bridgehead atoms. The lowest BCUT2D eigenvalue weighted by Gasteiger charge is -2.34. The van der Waals surface area contributed by atoms with Crippen LogP contribution in [-0.2, 0) is 6.42 Å². The summed E-state index contributed by atoms with van der Waals surface area (Å²) in [5, 5.41) is 0. The molecule has 2 aliphatic rings. The molecule has 1 aromatic heterocycles. The number of rotatable bonds is 3. The lowest BCUT2D eigenvalue weighted by molar-refractivity contribution is 0.0677. The highest BCUT2D eigenvalue weighted by molar-refractivity contribution is 5.95. The molecule has 1 amide bonds. The minimum absolute atomic E-state index is 0.0520. The standard InChI is InChI=1S/C18H21N3O3/c1-2-17-19-7-9-21(17)14-4-3-8-20(11-14)18(22)13-5-6-15-16(10-13)24-12-23-15/h5-7,9-10,14H,2-4,8,11-12H2,1H3. The Morgan fingerprint density at radius 1 is 1.33 bits per heavy atom. The van der Waals surface area contributed by atoms with Gasteiger partial charge in [-0.3, -0.25) is 4.79 Å². The maximum atomic E-state index is 12.9. The normalized spacial score (nSPS) is 19.5. The highest BCUT2D eigenvalue weighted by Crippen LogP contribution is 2.33. The summed E-state index contributed by atoms with van der Waals surface area (Å²) in [6, 6.07) is 5.70. The van der Waals surface area contributed by atoms with Crippen LogP contribution >= 0.6 is 0 Å². The Bertz CT molecular complexity index is 756. The van der Waals surface area contributed by atoms with Crippen molar-refractivity contribution in [3.05, 3.63) is 42.0 Å². The van der Waals surface area contributed by atoms with Gasteiger partial charge in [-0.05, 0) is 31.0 Å². The first-order chi connectivity index (χ1) is 11.8. The maximum Gasteiger partial charge on any atom is 0.254 e. The molecule has 24 heavy (non-hydrogen) atoms. The molecule has 1 aromatic carbocycles. The van der Waals surface area contributed by atoms with Gasteiger partial charge >= 0.3 is 0 Å². The van der Waals surface area contributed by atoms with Gasteiger partial charge < -0.3 is 18.9 Å². The second kappa shape index (κ2) is 6.19. The van der Waals surface area contributed by atoms with Gasteiger partial charge in [0, 0.05) is 37.5 Å². The number of carbonyl (C=O) groups is 1. The topological polar surface area (TPSA) is 56.6 Å². The largest absolute Gasteiger partial charge is 0.454 e. The number of aryl methyl sites for hydroxylation is 1. The predicted molar refractivity (Wildman–Crippen MR) is 88.3 cm³/mol. The number of imidazole rings is 1. The number of piperidine rings is 1. The van der Waals surface area contributed by atoms with Crippen LogP contribution in [0.2, 0.25) is 0 Å². The lowest BCUT2D eigenvalue weighted by atomic mass is 10.0. The molecular weight excluding hydrogens is 306 g/mol. The first-order valence-corrected chi connectivity index (χ1v) is 8.47. The first kappa shape index (κ1) is 15.1. The molecule has 4 rings (SSSR count). The monoisotopic (exact) mass is 327 g/mol. The molecule has 126 valence electrons. The van der Waals surface area contributed by atoms with Gasteiger partial charge in [-0.15, -0.1) is 0 Å². The molecule has 6 heteroatoms. The summed E-state index contributed by atoms with van der Waals surface area (Å²) in [6.45, 7) is 3.84. The fourth-order valence-corrected chi connectivity index (χ4v) is 3.53. The van der Waals surface area contributed by atoms with Crippen LogP contribution in [0.4, 0.5) is 0 Å². The van der Waals surface area contributed by atoms with E-state index in [1.807, 2.05) is 29.4 Å². The van der Waals surface area contributed by atoms with E-state index in [0.717, 1.165) is 38.2 Å². The third-order valence-electron chi connectivity index (χ3n) is 4.76. The van der Waals surface area contributed by atoms with E-state index >= 15 is 0 Å². The molecule has 1 saturated heterocycles. The summed E-state index contributed by atoms with van der Waals surface area (Å²) in [7, 11) is 0. The second-order valence-electron chi connectivity index (χ2n) is 6.22. The van der Waals surface area contributed by atoms with Crippen LogP contribution in [-0.4, -0.2) is 40.2 Å². The van der Waals surface area contributed by atoms with Crippen LogP contribution in [0.25, 0.3) is 0 Å². The van der Waals surface area contributed by atoms with Crippen molar-refractivity contribution >= 4 is 5.91 Å². The Labute approximate surface area is 141 Å². The molecule has 2 aliphatic heterocycles. The number of carbonyl (C=O) groups excluding carboxylic acids is 1. The summed E-state index contributed by atoms with van der Waals surface area (Å²) < 4.78 is 12.9. The summed E-state index contributed by atoms with van der Waals surface area (Å²) in [6.07, 6.45) is 6.85. The SMILES string of the molecule is CCc1nccn1C1CCCN(C(=O)c2ccc3c(c2)OCO3)C1. The highest BCUT2D eigenvalue weighted by atomic mass is 16.7. The van der Waals surface area contributed by atoms with E-state index in [1.165, 1.54) is 0 Å². The fourth-order valence-electron chi connectivity index (χ4n) is 3.53. The summed E-state index contributed by atoms with van der Waals surface area (Å²) >= 11 is 0. The molecule has 1 unspecified atom stereocenters. The van der Waals surface area contributed by atoms with Crippen LogP contribution in [0.3, 0.4) is 0 Å². The predicted octanol–water partition coefficient (Wildman–Crippen LogP) is 2.65. The second-order valence-corrected chi connectivity index (χ2v) is 6.22. The molecule has 2 aromatic rings. The van der Waals surface area contributed by atoms with Gasteiger partial charge in [0.1, 0.15) is 5.82 Å². The van der Waals surface area contributed by atoms with E-state index in [1.54, 1.807) is 6.07 Å². The van der Waals surface area contributed by atoms with Crippen LogP contribution in [0.1, 0.15) is 42.0 Å². The number of amides is 1. The van der Waals surface area contributed by atoms with E-state index in [2.05, 4.69) is 16.5 Å². The Kier molecular flexibility index (Phi) is 3.88. The molecule has 0 radical (unpaired) electrons. The van der Waals surface area contributed by atoms with Crippen molar-refractivity contribution in [1.29, 1.82) is 0 Å².